The fraction of sp³-hybridized carbons (Fsp3) is 0.412. The summed E-state index contributed by atoms with van der Waals surface area (Å²) >= 11 is 1.81. The van der Waals surface area contributed by atoms with E-state index in [-0.39, 0.29) is 5.54 Å². The zero-order chi connectivity index (χ0) is 14.6. The van der Waals surface area contributed by atoms with Crippen molar-refractivity contribution in [3.63, 3.8) is 0 Å². The van der Waals surface area contributed by atoms with Gasteiger partial charge in [0.1, 0.15) is 11.5 Å². The number of hydrogen-bond donors (Lipinski definition) is 1. The van der Waals surface area contributed by atoms with Gasteiger partial charge in [-0.25, -0.2) is 0 Å². The van der Waals surface area contributed by atoms with Gasteiger partial charge in [0, 0.05) is 10.4 Å². The van der Waals surface area contributed by atoms with E-state index >= 15 is 0 Å². The molecule has 2 rings (SSSR count). The second-order valence-electron chi connectivity index (χ2n) is 6.08. The quantitative estimate of drug-likeness (QED) is 0.803. The van der Waals surface area contributed by atoms with Gasteiger partial charge in [-0.1, -0.05) is 17.7 Å². The van der Waals surface area contributed by atoms with E-state index in [9.17, 15) is 0 Å². The summed E-state index contributed by atoms with van der Waals surface area (Å²) in [5.41, 5.74) is 1.41. The van der Waals surface area contributed by atoms with Gasteiger partial charge >= 0.3 is 0 Å². The minimum atomic E-state index is 0.114. The molecule has 1 aromatic heterocycles. The van der Waals surface area contributed by atoms with Gasteiger partial charge in [0.05, 0.1) is 12.3 Å². The van der Waals surface area contributed by atoms with Crippen molar-refractivity contribution >= 4 is 11.8 Å². The second-order valence-corrected chi connectivity index (χ2v) is 7.13. The first-order chi connectivity index (χ1) is 9.42. The molecule has 108 valence electrons. The molecule has 0 aliphatic carbocycles. The third kappa shape index (κ3) is 5.06. The molecule has 1 heterocycles. The first-order valence-electron chi connectivity index (χ1n) is 6.94. The van der Waals surface area contributed by atoms with Crippen molar-refractivity contribution in [3.8, 4) is 0 Å². The number of hydrogen-bond acceptors (Lipinski definition) is 3. The van der Waals surface area contributed by atoms with Gasteiger partial charge in [0.25, 0.3) is 0 Å². The number of rotatable bonds is 5. The SMILES string of the molecule is Cc1cccc(SCc2ccc(CNC(C)(C)C)o2)c1. The highest BCUT2D eigenvalue weighted by Gasteiger charge is 2.10. The minimum Gasteiger partial charge on any atom is -0.464 e. The molecule has 0 saturated heterocycles. The molecule has 2 aromatic rings. The number of nitrogens with one attached hydrogen (secondary N) is 1. The molecule has 20 heavy (non-hydrogen) atoms. The number of aryl methyl sites for hydroxylation is 1. The molecule has 2 nitrogen and oxygen atoms in total. The summed E-state index contributed by atoms with van der Waals surface area (Å²) in [5, 5.41) is 3.43. The minimum absolute atomic E-state index is 0.114. The Labute approximate surface area is 126 Å². The van der Waals surface area contributed by atoms with E-state index in [0.29, 0.717) is 0 Å². The topological polar surface area (TPSA) is 25.2 Å². The van der Waals surface area contributed by atoms with Gasteiger partial charge in [-0.05, 0) is 52.0 Å². The Balaban J connectivity index is 1.87. The monoisotopic (exact) mass is 289 g/mol. The molecule has 0 radical (unpaired) electrons. The first-order valence-corrected chi connectivity index (χ1v) is 7.93. The van der Waals surface area contributed by atoms with Crippen molar-refractivity contribution in [2.24, 2.45) is 0 Å². The average molecular weight is 289 g/mol. The Morgan fingerprint density at radius 3 is 2.55 bits per heavy atom. The van der Waals surface area contributed by atoms with Crippen molar-refractivity contribution in [2.75, 3.05) is 0 Å². The number of furan rings is 1. The van der Waals surface area contributed by atoms with E-state index in [4.69, 9.17) is 4.42 Å². The largest absolute Gasteiger partial charge is 0.464 e. The lowest BCUT2D eigenvalue weighted by atomic mass is 10.1. The normalized spacial score (nSPS) is 11.8. The lowest BCUT2D eigenvalue weighted by molar-refractivity contribution is 0.382. The van der Waals surface area contributed by atoms with Crippen LogP contribution in [0.5, 0.6) is 0 Å². The maximum Gasteiger partial charge on any atom is 0.118 e. The van der Waals surface area contributed by atoms with Crippen LogP contribution in [-0.2, 0) is 12.3 Å². The Hall–Kier alpha value is -1.19. The van der Waals surface area contributed by atoms with Crippen molar-refractivity contribution in [1.82, 2.24) is 5.32 Å². The van der Waals surface area contributed by atoms with Crippen LogP contribution in [0.3, 0.4) is 0 Å². The highest BCUT2D eigenvalue weighted by atomic mass is 32.2. The third-order valence-electron chi connectivity index (χ3n) is 2.88. The molecule has 0 bridgehead atoms. The van der Waals surface area contributed by atoms with E-state index < -0.39 is 0 Å². The standard InChI is InChI=1S/C17H23NOS/c1-13-6-5-7-16(10-13)20-12-15-9-8-14(19-15)11-18-17(2,3)4/h5-10,18H,11-12H2,1-4H3. The zero-order valence-corrected chi connectivity index (χ0v) is 13.5. The van der Waals surface area contributed by atoms with E-state index in [2.05, 4.69) is 69.4 Å². The van der Waals surface area contributed by atoms with Gasteiger partial charge in [-0.3, -0.25) is 0 Å². The van der Waals surface area contributed by atoms with Crippen molar-refractivity contribution in [3.05, 3.63) is 53.5 Å². The van der Waals surface area contributed by atoms with Crippen LogP contribution in [0.2, 0.25) is 0 Å². The van der Waals surface area contributed by atoms with Crippen LogP contribution < -0.4 is 5.32 Å². The van der Waals surface area contributed by atoms with Gasteiger partial charge in [0.2, 0.25) is 0 Å². The predicted molar refractivity (Wildman–Crippen MR) is 86.0 cm³/mol. The predicted octanol–water partition coefficient (Wildman–Crippen LogP) is 4.77. The Morgan fingerprint density at radius 2 is 1.85 bits per heavy atom. The lowest BCUT2D eigenvalue weighted by Gasteiger charge is -2.19. The molecule has 1 aromatic carbocycles. The van der Waals surface area contributed by atoms with E-state index in [0.717, 1.165) is 23.8 Å². The van der Waals surface area contributed by atoms with Crippen molar-refractivity contribution in [1.29, 1.82) is 0 Å². The van der Waals surface area contributed by atoms with E-state index in [1.165, 1.54) is 10.5 Å². The summed E-state index contributed by atoms with van der Waals surface area (Å²) in [6, 6.07) is 12.7. The smallest absolute Gasteiger partial charge is 0.118 e. The summed E-state index contributed by atoms with van der Waals surface area (Å²) in [7, 11) is 0. The van der Waals surface area contributed by atoms with Crippen LogP contribution in [0, 0.1) is 6.92 Å². The summed E-state index contributed by atoms with van der Waals surface area (Å²) < 4.78 is 5.85. The van der Waals surface area contributed by atoms with Crippen LogP contribution in [0.15, 0.2) is 45.7 Å². The van der Waals surface area contributed by atoms with Gasteiger partial charge in [0.15, 0.2) is 0 Å². The molecule has 0 aliphatic rings. The molecular weight excluding hydrogens is 266 g/mol. The molecule has 1 N–H and O–H groups in total. The Morgan fingerprint density at radius 1 is 1.10 bits per heavy atom. The highest BCUT2D eigenvalue weighted by Crippen LogP contribution is 2.24. The molecule has 0 atom stereocenters. The van der Waals surface area contributed by atoms with Gasteiger partial charge in [-0.2, -0.15) is 0 Å². The fourth-order valence-corrected chi connectivity index (χ4v) is 2.71. The molecule has 0 amide bonds. The van der Waals surface area contributed by atoms with Gasteiger partial charge < -0.3 is 9.73 Å². The zero-order valence-electron chi connectivity index (χ0n) is 12.7. The maximum absolute atomic E-state index is 5.85. The van der Waals surface area contributed by atoms with E-state index in [1.807, 2.05) is 11.8 Å². The summed E-state index contributed by atoms with van der Waals surface area (Å²) in [6.45, 7) is 9.37. The van der Waals surface area contributed by atoms with Crippen LogP contribution in [0.25, 0.3) is 0 Å². The van der Waals surface area contributed by atoms with Crippen molar-refractivity contribution in [2.45, 2.75) is 50.4 Å². The second kappa shape index (κ2) is 6.51. The summed E-state index contributed by atoms with van der Waals surface area (Å²) in [4.78, 5) is 1.29. The average Bonchev–Trinajstić information content (AvgIpc) is 2.81. The Kier molecular flexibility index (Phi) is 4.95. The third-order valence-corrected chi connectivity index (χ3v) is 3.90. The van der Waals surface area contributed by atoms with Crippen LogP contribution in [-0.4, -0.2) is 5.54 Å². The molecular formula is C17H23NOS. The molecule has 0 unspecified atom stereocenters. The van der Waals surface area contributed by atoms with Crippen molar-refractivity contribution < 1.29 is 4.42 Å². The first kappa shape index (κ1) is 15.2. The number of thioether (sulfide) groups is 1. The maximum atomic E-state index is 5.85. The molecule has 3 heteroatoms. The molecule has 0 fully saturated rings. The summed E-state index contributed by atoms with van der Waals surface area (Å²) in [5.74, 6) is 2.90. The van der Waals surface area contributed by atoms with E-state index in [1.54, 1.807) is 0 Å². The number of benzene rings is 1. The van der Waals surface area contributed by atoms with Gasteiger partial charge in [-0.15, -0.1) is 11.8 Å². The lowest BCUT2D eigenvalue weighted by Crippen LogP contribution is -2.34. The Bertz CT molecular complexity index is 554. The van der Waals surface area contributed by atoms with Crippen LogP contribution in [0.1, 0.15) is 37.9 Å². The van der Waals surface area contributed by atoms with Crippen LogP contribution >= 0.6 is 11.8 Å². The molecule has 0 aliphatic heterocycles. The van der Waals surface area contributed by atoms with Crippen LogP contribution in [0.4, 0.5) is 0 Å². The molecule has 0 spiro atoms. The molecule has 0 saturated carbocycles. The highest BCUT2D eigenvalue weighted by molar-refractivity contribution is 7.98. The summed E-state index contributed by atoms with van der Waals surface area (Å²) in [6.07, 6.45) is 0. The fourth-order valence-electron chi connectivity index (χ4n) is 1.81.